The summed E-state index contributed by atoms with van der Waals surface area (Å²) in [5.41, 5.74) is 3.97. The molecule has 0 atom stereocenters. The van der Waals surface area contributed by atoms with E-state index in [-0.39, 0.29) is 22.0 Å². The van der Waals surface area contributed by atoms with Crippen LogP contribution in [0.4, 0.5) is 4.39 Å². The second-order valence-electron chi connectivity index (χ2n) is 6.61. The Balaban J connectivity index is 2.32. The van der Waals surface area contributed by atoms with Crippen LogP contribution in [0.15, 0.2) is 39.6 Å². The predicted molar refractivity (Wildman–Crippen MR) is 113 cm³/mol. The summed E-state index contributed by atoms with van der Waals surface area (Å²) in [4.78, 5) is 29.1. The Labute approximate surface area is 174 Å². The minimum atomic E-state index is -0.803. The summed E-state index contributed by atoms with van der Waals surface area (Å²) in [6.07, 6.45) is 2.64. The zero-order chi connectivity index (χ0) is 21.3. The number of benzene rings is 2. The highest BCUT2D eigenvalue weighted by Gasteiger charge is 2.16. The van der Waals surface area contributed by atoms with Crippen molar-refractivity contribution in [2.75, 3.05) is 0 Å². The Bertz CT molecular complexity index is 1220. The van der Waals surface area contributed by atoms with Gasteiger partial charge in [-0.2, -0.15) is 0 Å². The lowest BCUT2D eigenvalue weighted by Gasteiger charge is -2.16. The zero-order valence-electron chi connectivity index (χ0n) is 16.1. The van der Waals surface area contributed by atoms with Crippen molar-refractivity contribution in [2.24, 2.45) is 0 Å². The molecule has 0 fully saturated rings. The van der Waals surface area contributed by atoms with E-state index in [0.29, 0.717) is 17.9 Å². The SMILES string of the molecule is CCc1nc2cc(F)c(/C=C/C(=O)NO)cc2c(=O)n1-c1cc(C)c(Br)cc1C. The highest BCUT2D eigenvalue weighted by atomic mass is 79.9. The molecule has 6 nitrogen and oxygen atoms in total. The van der Waals surface area contributed by atoms with Gasteiger partial charge in [0.25, 0.3) is 11.5 Å². The predicted octanol–water partition coefficient (Wildman–Crippen LogP) is 3.99. The number of aromatic nitrogens is 2. The molecule has 2 aromatic carbocycles. The van der Waals surface area contributed by atoms with E-state index in [2.05, 4.69) is 20.9 Å². The van der Waals surface area contributed by atoms with Crippen LogP contribution >= 0.6 is 15.9 Å². The smallest absolute Gasteiger partial charge is 0.267 e. The van der Waals surface area contributed by atoms with E-state index in [1.165, 1.54) is 23.7 Å². The highest BCUT2D eigenvalue weighted by Crippen LogP contribution is 2.25. The number of hydroxylamine groups is 1. The van der Waals surface area contributed by atoms with Crippen molar-refractivity contribution in [3.05, 3.63) is 73.5 Å². The fourth-order valence-electron chi connectivity index (χ4n) is 3.09. The summed E-state index contributed by atoms with van der Waals surface area (Å²) in [6, 6.07) is 6.38. The number of aryl methyl sites for hydroxylation is 3. The molecule has 0 saturated carbocycles. The maximum atomic E-state index is 14.4. The fraction of sp³-hybridized carbons (Fsp3) is 0.190. The van der Waals surface area contributed by atoms with Crippen molar-refractivity contribution in [1.82, 2.24) is 15.0 Å². The maximum Gasteiger partial charge on any atom is 0.267 e. The molecular formula is C21H19BrFN3O3. The van der Waals surface area contributed by atoms with Gasteiger partial charge in [0, 0.05) is 28.6 Å². The van der Waals surface area contributed by atoms with Crippen LogP contribution < -0.4 is 11.0 Å². The lowest BCUT2D eigenvalue weighted by Crippen LogP contribution is -2.24. The molecule has 1 aromatic heterocycles. The average Bonchev–Trinajstić information content (AvgIpc) is 2.69. The van der Waals surface area contributed by atoms with E-state index in [1.54, 1.807) is 4.57 Å². The van der Waals surface area contributed by atoms with Gasteiger partial charge in [-0.1, -0.05) is 22.9 Å². The molecule has 1 amide bonds. The van der Waals surface area contributed by atoms with Crippen molar-refractivity contribution < 1.29 is 14.4 Å². The monoisotopic (exact) mass is 459 g/mol. The van der Waals surface area contributed by atoms with Crippen LogP contribution in [0.2, 0.25) is 0 Å². The Hall–Kier alpha value is -2.84. The number of nitrogens with one attached hydrogen (secondary N) is 1. The van der Waals surface area contributed by atoms with Crippen molar-refractivity contribution in [1.29, 1.82) is 0 Å². The molecule has 8 heteroatoms. The molecule has 1 heterocycles. The van der Waals surface area contributed by atoms with Gasteiger partial charge in [-0.25, -0.2) is 14.9 Å². The summed E-state index contributed by atoms with van der Waals surface area (Å²) in [6.45, 7) is 5.72. The maximum absolute atomic E-state index is 14.4. The Morgan fingerprint density at radius 3 is 2.66 bits per heavy atom. The van der Waals surface area contributed by atoms with Gasteiger partial charge in [0.15, 0.2) is 0 Å². The molecule has 0 bridgehead atoms. The first-order chi connectivity index (χ1) is 13.8. The van der Waals surface area contributed by atoms with Crippen LogP contribution in [0.1, 0.15) is 29.4 Å². The molecule has 0 spiro atoms. The minimum absolute atomic E-state index is 0.0412. The van der Waals surface area contributed by atoms with Crippen LogP contribution in [0, 0.1) is 19.7 Å². The van der Waals surface area contributed by atoms with Crippen molar-refractivity contribution in [3.63, 3.8) is 0 Å². The summed E-state index contributed by atoms with van der Waals surface area (Å²) in [5.74, 6) is -0.904. The molecule has 0 aliphatic heterocycles. The van der Waals surface area contributed by atoms with E-state index < -0.39 is 11.7 Å². The van der Waals surface area contributed by atoms with E-state index in [4.69, 9.17) is 5.21 Å². The van der Waals surface area contributed by atoms with Gasteiger partial charge in [0.05, 0.1) is 16.6 Å². The Kier molecular flexibility index (Phi) is 5.95. The molecule has 29 heavy (non-hydrogen) atoms. The second kappa shape index (κ2) is 8.26. The fourth-order valence-corrected chi connectivity index (χ4v) is 3.55. The number of fused-ring (bicyclic) bond motifs is 1. The van der Waals surface area contributed by atoms with Gasteiger partial charge >= 0.3 is 0 Å². The molecule has 3 rings (SSSR count). The molecule has 150 valence electrons. The summed E-state index contributed by atoms with van der Waals surface area (Å²) >= 11 is 3.50. The van der Waals surface area contributed by atoms with Crippen LogP contribution in [-0.4, -0.2) is 20.7 Å². The summed E-state index contributed by atoms with van der Waals surface area (Å²) in [7, 11) is 0. The molecule has 0 unspecified atom stereocenters. The zero-order valence-corrected chi connectivity index (χ0v) is 17.7. The minimum Gasteiger partial charge on any atom is -0.288 e. The first kappa shape index (κ1) is 20.9. The second-order valence-corrected chi connectivity index (χ2v) is 7.46. The molecule has 0 aliphatic carbocycles. The number of carbonyl (C=O) groups excluding carboxylic acids is 1. The third kappa shape index (κ3) is 3.99. The summed E-state index contributed by atoms with van der Waals surface area (Å²) < 4.78 is 16.9. The lowest BCUT2D eigenvalue weighted by molar-refractivity contribution is -0.124. The van der Waals surface area contributed by atoms with Gasteiger partial charge in [0.2, 0.25) is 0 Å². The third-order valence-electron chi connectivity index (χ3n) is 4.61. The quantitative estimate of drug-likeness (QED) is 0.351. The molecular weight excluding hydrogens is 441 g/mol. The Morgan fingerprint density at radius 1 is 1.28 bits per heavy atom. The van der Waals surface area contributed by atoms with E-state index in [1.807, 2.05) is 32.9 Å². The van der Waals surface area contributed by atoms with Crippen LogP contribution in [0.3, 0.4) is 0 Å². The van der Waals surface area contributed by atoms with E-state index >= 15 is 0 Å². The third-order valence-corrected chi connectivity index (χ3v) is 5.47. The number of nitrogens with zero attached hydrogens (tertiary/aromatic N) is 2. The molecule has 0 saturated heterocycles. The largest absolute Gasteiger partial charge is 0.288 e. The van der Waals surface area contributed by atoms with Crippen LogP contribution in [-0.2, 0) is 11.2 Å². The molecule has 3 aromatic rings. The standard InChI is InChI=1S/C21H19BrFN3O3/c1-4-19-24-17-10-16(23)13(5-6-20(27)25-29)9-14(17)21(28)26(19)18-8-11(2)15(22)7-12(18)3/h5-10,29H,4H2,1-3H3,(H,25,27)/b6-5+. The highest BCUT2D eigenvalue weighted by molar-refractivity contribution is 9.10. The lowest BCUT2D eigenvalue weighted by atomic mass is 10.1. The number of halogens is 2. The average molecular weight is 460 g/mol. The van der Waals surface area contributed by atoms with Gasteiger partial charge in [-0.3, -0.25) is 19.4 Å². The van der Waals surface area contributed by atoms with Crippen LogP contribution in [0.25, 0.3) is 22.7 Å². The molecule has 2 N–H and O–H groups in total. The van der Waals surface area contributed by atoms with Crippen molar-refractivity contribution in [2.45, 2.75) is 27.2 Å². The first-order valence-electron chi connectivity index (χ1n) is 8.91. The topological polar surface area (TPSA) is 84.2 Å². The number of hydrogen-bond donors (Lipinski definition) is 2. The van der Waals surface area contributed by atoms with E-state index in [0.717, 1.165) is 21.7 Å². The van der Waals surface area contributed by atoms with Crippen LogP contribution in [0.5, 0.6) is 0 Å². The molecule has 0 radical (unpaired) electrons. The van der Waals surface area contributed by atoms with Crippen molar-refractivity contribution in [3.8, 4) is 5.69 Å². The van der Waals surface area contributed by atoms with Gasteiger partial charge in [0.1, 0.15) is 11.6 Å². The van der Waals surface area contributed by atoms with E-state index in [9.17, 15) is 14.0 Å². The number of hydrogen-bond acceptors (Lipinski definition) is 4. The Morgan fingerprint density at radius 2 is 2.00 bits per heavy atom. The summed E-state index contributed by atoms with van der Waals surface area (Å²) in [5, 5.41) is 8.80. The van der Waals surface area contributed by atoms with Gasteiger partial charge in [-0.05, 0) is 49.2 Å². The van der Waals surface area contributed by atoms with Gasteiger partial charge < -0.3 is 0 Å². The first-order valence-corrected chi connectivity index (χ1v) is 9.70. The number of amides is 1. The van der Waals surface area contributed by atoms with Gasteiger partial charge in [-0.15, -0.1) is 0 Å². The normalized spacial score (nSPS) is 11.4. The molecule has 0 aliphatic rings. The number of carbonyl (C=O) groups is 1. The van der Waals surface area contributed by atoms with Crippen molar-refractivity contribution >= 4 is 38.8 Å². The number of rotatable bonds is 4.